The van der Waals surface area contributed by atoms with Crippen molar-refractivity contribution in [1.29, 1.82) is 0 Å². The van der Waals surface area contributed by atoms with E-state index in [0.717, 1.165) is 45.1 Å². The molecule has 4 nitrogen and oxygen atoms in total. The van der Waals surface area contributed by atoms with Crippen molar-refractivity contribution < 1.29 is 9.90 Å². The third-order valence-electron chi connectivity index (χ3n) is 5.31. The van der Waals surface area contributed by atoms with Crippen LogP contribution < -0.4 is 10.6 Å². The van der Waals surface area contributed by atoms with E-state index in [9.17, 15) is 4.79 Å². The monoisotopic (exact) mass is 252 g/mol. The standard InChI is InChI=1S/C14H24N2O2/c17-7-3-10-8-11(9-10)16-13(18)14-4-1-2-12(14)15-6-5-14/h10-12,15,17H,1-9H2,(H,16,18)/t10?,11?,12-,14+/m1/s1. The molecule has 4 heteroatoms. The van der Waals surface area contributed by atoms with E-state index < -0.39 is 0 Å². The highest BCUT2D eigenvalue weighted by Gasteiger charge is 2.52. The van der Waals surface area contributed by atoms with Crippen LogP contribution in [-0.4, -0.2) is 36.2 Å². The van der Waals surface area contributed by atoms with Crippen LogP contribution in [0.3, 0.4) is 0 Å². The Morgan fingerprint density at radius 1 is 1.39 bits per heavy atom. The summed E-state index contributed by atoms with van der Waals surface area (Å²) in [5.74, 6) is 0.918. The van der Waals surface area contributed by atoms with E-state index >= 15 is 0 Å². The van der Waals surface area contributed by atoms with Gasteiger partial charge in [0.2, 0.25) is 5.91 Å². The molecular formula is C14H24N2O2. The van der Waals surface area contributed by atoms with Crippen LogP contribution >= 0.6 is 0 Å². The molecule has 1 aliphatic heterocycles. The highest BCUT2D eigenvalue weighted by atomic mass is 16.3. The second-order valence-electron chi connectivity index (χ2n) is 6.33. The van der Waals surface area contributed by atoms with Crippen molar-refractivity contribution in [3.8, 4) is 0 Å². The maximum atomic E-state index is 12.5. The molecule has 3 fully saturated rings. The van der Waals surface area contributed by atoms with E-state index in [0.29, 0.717) is 23.9 Å². The first-order valence-corrected chi connectivity index (χ1v) is 7.40. The number of nitrogens with one attached hydrogen (secondary N) is 2. The van der Waals surface area contributed by atoms with Gasteiger partial charge in [-0.15, -0.1) is 0 Å². The average Bonchev–Trinajstić information content (AvgIpc) is 2.85. The Morgan fingerprint density at radius 2 is 2.22 bits per heavy atom. The molecule has 0 aromatic heterocycles. The summed E-state index contributed by atoms with van der Waals surface area (Å²) in [5, 5.41) is 15.6. The van der Waals surface area contributed by atoms with Crippen molar-refractivity contribution in [3.63, 3.8) is 0 Å². The van der Waals surface area contributed by atoms with Gasteiger partial charge in [-0.25, -0.2) is 0 Å². The Labute approximate surface area is 109 Å². The van der Waals surface area contributed by atoms with Gasteiger partial charge < -0.3 is 15.7 Å². The molecule has 3 rings (SSSR count). The molecule has 1 heterocycles. The largest absolute Gasteiger partial charge is 0.396 e. The fourth-order valence-corrected chi connectivity index (χ4v) is 4.12. The first-order valence-electron chi connectivity index (χ1n) is 7.40. The van der Waals surface area contributed by atoms with Crippen molar-refractivity contribution in [2.24, 2.45) is 11.3 Å². The molecule has 0 radical (unpaired) electrons. The number of hydrogen-bond donors (Lipinski definition) is 3. The van der Waals surface area contributed by atoms with E-state index in [4.69, 9.17) is 5.11 Å². The lowest BCUT2D eigenvalue weighted by atomic mass is 9.76. The Balaban J connectivity index is 1.53. The topological polar surface area (TPSA) is 61.4 Å². The number of fused-ring (bicyclic) bond motifs is 1. The Bertz CT molecular complexity index is 316. The Morgan fingerprint density at radius 3 is 3.00 bits per heavy atom. The Kier molecular flexibility index (Phi) is 3.32. The molecule has 1 amide bonds. The molecule has 102 valence electrons. The molecule has 2 aliphatic carbocycles. The van der Waals surface area contributed by atoms with E-state index in [1.54, 1.807) is 0 Å². The lowest BCUT2D eigenvalue weighted by Crippen LogP contribution is -2.52. The van der Waals surface area contributed by atoms with E-state index in [-0.39, 0.29) is 12.0 Å². The maximum Gasteiger partial charge on any atom is 0.228 e. The molecule has 3 N–H and O–H groups in total. The van der Waals surface area contributed by atoms with Crippen molar-refractivity contribution in [2.45, 2.75) is 57.0 Å². The lowest BCUT2D eigenvalue weighted by molar-refractivity contribution is -0.132. The fourth-order valence-electron chi connectivity index (χ4n) is 4.12. The quantitative estimate of drug-likeness (QED) is 0.693. The fraction of sp³-hybridized carbons (Fsp3) is 0.929. The number of aliphatic hydroxyl groups excluding tert-OH is 1. The summed E-state index contributed by atoms with van der Waals surface area (Å²) in [6, 6.07) is 0.788. The van der Waals surface area contributed by atoms with Crippen LogP contribution in [0, 0.1) is 11.3 Å². The summed E-state index contributed by atoms with van der Waals surface area (Å²) in [6.07, 6.45) is 7.41. The second-order valence-corrected chi connectivity index (χ2v) is 6.33. The molecule has 1 saturated heterocycles. The van der Waals surface area contributed by atoms with Gasteiger partial charge in [-0.1, -0.05) is 6.42 Å². The zero-order valence-electron chi connectivity index (χ0n) is 11.0. The van der Waals surface area contributed by atoms with Gasteiger partial charge in [-0.2, -0.15) is 0 Å². The van der Waals surface area contributed by atoms with Gasteiger partial charge in [-0.3, -0.25) is 4.79 Å². The minimum absolute atomic E-state index is 0.0952. The molecular weight excluding hydrogens is 228 g/mol. The van der Waals surface area contributed by atoms with Crippen LogP contribution in [0.5, 0.6) is 0 Å². The molecule has 3 aliphatic rings. The summed E-state index contributed by atoms with van der Waals surface area (Å²) in [7, 11) is 0. The van der Waals surface area contributed by atoms with Crippen molar-refractivity contribution in [3.05, 3.63) is 0 Å². The minimum atomic E-state index is -0.0952. The molecule has 0 aromatic carbocycles. The molecule has 0 aromatic rings. The first kappa shape index (κ1) is 12.4. The van der Waals surface area contributed by atoms with Crippen molar-refractivity contribution in [1.82, 2.24) is 10.6 Å². The van der Waals surface area contributed by atoms with Crippen LogP contribution in [0.4, 0.5) is 0 Å². The molecule has 18 heavy (non-hydrogen) atoms. The summed E-state index contributed by atoms with van der Waals surface area (Å²) >= 11 is 0. The van der Waals surface area contributed by atoms with Gasteiger partial charge in [0, 0.05) is 18.7 Å². The number of carbonyl (C=O) groups excluding carboxylic acids is 1. The third-order valence-corrected chi connectivity index (χ3v) is 5.31. The van der Waals surface area contributed by atoms with Crippen LogP contribution in [0.2, 0.25) is 0 Å². The molecule has 0 bridgehead atoms. The summed E-state index contributed by atoms with van der Waals surface area (Å²) in [4.78, 5) is 12.5. The summed E-state index contributed by atoms with van der Waals surface area (Å²) < 4.78 is 0. The zero-order chi connectivity index (χ0) is 12.6. The number of hydrogen-bond acceptors (Lipinski definition) is 3. The lowest BCUT2D eigenvalue weighted by Gasteiger charge is -2.38. The minimum Gasteiger partial charge on any atom is -0.396 e. The first-order chi connectivity index (χ1) is 8.74. The SMILES string of the molecule is O=C(NC1CC(CCO)C1)[C@]12CCC[C@H]1NCC2. The molecule has 0 spiro atoms. The predicted molar refractivity (Wildman–Crippen MR) is 69.0 cm³/mol. The van der Waals surface area contributed by atoms with Gasteiger partial charge in [-0.05, 0) is 51.0 Å². The normalized spacial score (nSPS) is 42.4. The van der Waals surface area contributed by atoms with Gasteiger partial charge in [0.15, 0.2) is 0 Å². The number of rotatable bonds is 4. The highest BCUT2D eigenvalue weighted by Crippen LogP contribution is 2.45. The molecule has 0 unspecified atom stereocenters. The van der Waals surface area contributed by atoms with Crippen molar-refractivity contribution in [2.75, 3.05) is 13.2 Å². The van der Waals surface area contributed by atoms with Crippen LogP contribution in [0.15, 0.2) is 0 Å². The maximum absolute atomic E-state index is 12.5. The number of carbonyl (C=O) groups is 1. The van der Waals surface area contributed by atoms with Gasteiger partial charge in [0.1, 0.15) is 0 Å². The Hall–Kier alpha value is -0.610. The van der Waals surface area contributed by atoms with Crippen LogP contribution in [0.1, 0.15) is 44.9 Å². The molecule has 2 saturated carbocycles. The smallest absolute Gasteiger partial charge is 0.228 e. The zero-order valence-corrected chi connectivity index (χ0v) is 11.0. The van der Waals surface area contributed by atoms with Crippen LogP contribution in [-0.2, 0) is 4.79 Å². The summed E-state index contributed by atoms with van der Waals surface area (Å²) in [5.41, 5.74) is -0.0952. The average molecular weight is 252 g/mol. The third kappa shape index (κ3) is 1.95. The number of aliphatic hydroxyl groups is 1. The van der Waals surface area contributed by atoms with E-state index in [1.807, 2.05) is 0 Å². The summed E-state index contributed by atoms with van der Waals surface area (Å²) in [6.45, 7) is 1.27. The predicted octanol–water partition coefficient (Wildman–Crippen LogP) is 0.796. The van der Waals surface area contributed by atoms with Gasteiger partial charge >= 0.3 is 0 Å². The van der Waals surface area contributed by atoms with E-state index in [2.05, 4.69) is 10.6 Å². The highest BCUT2D eigenvalue weighted by molar-refractivity contribution is 5.84. The second kappa shape index (κ2) is 4.82. The van der Waals surface area contributed by atoms with Crippen LogP contribution in [0.25, 0.3) is 0 Å². The van der Waals surface area contributed by atoms with Gasteiger partial charge in [0.05, 0.1) is 5.41 Å². The molecule has 2 atom stereocenters. The van der Waals surface area contributed by atoms with Gasteiger partial charge in [0.25, 0.3) is 0 Å². The van der Waals surface area contributed by atoms with Crippen molar-refractivity contribution >= 4 is 5.91 Å². The van der Waals surface area contributed by atoms with E-state index in [1.165, 1.54) is 6.42 Å². The number of amides is 1.